The van der Waals surface area contributed by atoms with E-state index in [4.69, 9.17) is 5.11 Å². The smallest absolute Gasteiger partial charge is 0.418 e. The minimum atomic E-state index is -4.58. The minimum absolute atomic E-state index is 0.0360. The molecule has 2 aromatic rings. The summed E-state index contributed by atoms with van der Waals surface area (Å²) >= 11 is 2.97. The van der Waals surface area contributed by atoms with Crippen molar-refractivity contribution in [1.29, 1.82) is 0 Å². The van der Waals surface area contributed by atoms with Crippen LogP contribution in [0, 0.1) is 0 Å². The Morgan fingerprint density at radius 2 is 1.71 bits per heavy atom. The number of anilines is 1. The third kappa shape index (κ3) is 3.75. The van der Waals surface area contributed by atoms with Crippen LogP contribution < -0.4 is 5.32 Å². The van der Waals surface area contributed by atoms with Gasteiger partial charge in [-0.1, -0.05) is 15.9 Å². The van der Waals surface area contributed by atoms with Gasteiger partial charge in [-0.25, -0.2) is 0 Å². The Morgan fingerprint density at radius 1 is 1.10 bits per heavy atom. The SMILES string of the molecule is O=C(Nc1ccc(Br)cc1C(F)(F)F)c1ccc(O)cc1. The maximum absolute atomic E-state index is 12.9. The predicted octanol–water partition coefficient (Wildman–Crippen LogP) is 4.43. The van der Waals surface area contributed by atoms with Gasteiger partial charge < -0.3 is 10.4 Å². The third-order valence-corrected chi connectivity index (χ3v) is 3.16. The first-order chi connectivity index (χ1) is 9.77. The first-order valence-corrected chi connectivity index (χ1v) is 6.54. The summed E-state index contributed by atoms with van der Waals surface area (Å²) < 4.78 is 39.0. The Hall–Kier alpha value is -2.02. The summed E-state index contributed by atoms with van der Waals surface area (Å²) in [4.78, 5) is 11.9. The van der Waals surface area contributed by atoms with Gasteiger partial charge in [0.15, 0.2) is 0 Å². The van der Waals surface area contributed by atoms with Crippen molar-refractivity contribution in [2.75, 3.05) is 5.32 Å². The second kappa shape index (κ2) is 5.77. The van der Waals surface area contributed by atoms with Crippen LogP contribution in [0.5, 0.6) is 5.75 Å². The van der Waals surface area contributed by atoms with Gasteiger partial charge in [0.2, 0.25) is 0 Å². The zero-order valence-electron chi connectivity index (χ0n) is 10.4. The number of phenols is 1. The molecule has 0 spiro atoms. The Kier molecular flexibility index (Phi) is 4.22. The van der Waals surface area contributed by atoms with Crippen LogP contribution in [0.3, 0.4) is 0 Å². The van der Waals surface area contributed by atoms with Gasteiger partial charge in [0.25, 0.3) is 5.91 Å². The Labute approximate surface area is 126 Å². The molecule has 0 heterocycles. The average Bonchev–Trinajstić information content (AvgIpc) is 2.40. The molecule has 0 fully saturated rings. The van der Waals surface area contributed by atoms with Crippen molar-refractivity contribution >= 4 is 27.5 Å². The second-order valence-corrected chi connectivity index (χ2v) is 5.10. The van der Waals surface area contributed by atoms with Crippen molar-refractivity contribution in [3.05, 3.63) is 58.1 Å². The monoisotopic (exact) mass is 359 g/mol. The van der Waals surface area contributed by atoms with Crippen molar-refractivity contribution in [2.45, 2.75) is 6.18 Å². The molecule has 0 aliphatic carbocycles. The van der Waals surface area contributed by atoms with Crippen molar-refractivity contribution < 1.29 is 23.1 Å². The molecule has 0 aliphatic heterocycles. The van der Waals surface area contributed by atoms with Gasteiger partial charge in [0.1, 0.15) is 5.75 Å². The molecule has 110 valence electrons. The van der Waals surface area contributed by atoms with Crippen molar-refractivity contribution in [3.8, 4) is 5.75 Å². The van der Waals surface area contributed by atoms with E-state index in [0.29, 0.717) is 0 Å². The maximum Gasteiger partial charge on any atom is 0.418 e. The molecule has 0 aromatic heterocycles. The molecule has 0 unspecified atom stereocenters. The predicted molar refractivity (Wildman–Crippen MR) is 75.2 cm³/mol. The van der Waals surface area contributed by atoms with E-state index in [1.54, 1.807) is 0 Å². The number of carbonyl (C=O) groups excluding carboxylic acids is 1. The fourth-order valence-corrected chi connectivity index (χ4v) is 2.03. The van der Waals surface area contributed by atoms with Crippen LogP contribution >= 0.6 is 15.9 Å². The highest BCUT2D eigenvalue weighted by molar-refractivity contribution is 9.10. The number of nitrogens with one attached hydrogen (secondary N) is 1. The van der Waals surface area contributed by atoms with Gasteiger partial charge in [-0.05, 0) is 42.5 Å². The molecule has 2 N–H and O–H groups in total. The van der Waals surface area contributed by atoms with Gasteiger partial charge >= 0.3 is 6.18 Å². The molecular formula is C14H9BrF3NO2. The molecule has 7 heteroatoms. The number of alkyl halides is 3. The summed E-state index contributed by atoms with van der Waals surface area (Å²) in [6.45, 7) is 0. The number of aromatic hydroxyl groups is 1. The quantitative estimate of drug-likeness (QED) is 0.833. The highest BCUT2D eigenvalue weighted by Crippen LogP contribution is 2.36. The van der Waals surface area contributed by atoms with Gasteiger partial charge in [0.05, 0.1) is 11.3 Å². The molecule has 0 bridgehead atoms. The van der Waals surface area contributed by atoms with E-state index in [2.05, 4.69) is 21.2 Å². The number of benzene rings is 2. The topological polar surface area (TPSA) is 49.3 Å². The van der Waals surface area contributed by atoms with Crippen LogP contribution in [0.25, 0.3) is 0 Å². The molecule has 2 rings (SSSR count). The summed E-state index contributed by atoms with van der Waals surface area (Å²) in [6.07, 6.45) is -4.58. The summed E-state index contributed by atoms with van der Waals surface area (Å²) in [5, 5.41) is 11.3. The maximum atomic E-state index is 12.9. The van der Waals surface area contributed by atoms with Gasteiger partial charge in [-0.2, -0.15) is 13.2 Å². The van der Waals surface area contributed by atoms with Crippen LogP contribution in [-0.4, -0.2) is 11.0 Å². The van der Waals surface area contributed by atoms with Gasteiger partial charge in [-0.15, -0.1) is 0 Å². The lowest BCUT2D eigenvalue weighted by molar-refractivity contribution is -0.136. The van der Waals surface area contributed by atoms with Crippen LogP contribution in [0.15, 0.2) is 46.9 Å². The van der Waals surface area contributed by atoms with E-state index in [1.807, 2.05) is 0 Å². The first-order valence-electron chi connectivity index (χ1n) is 5.74. The first kappa shape index (κ1) is 15.4. The lowest BCUT2D eigenvalue weighted by Crippen LogP contribution is -2.16. The zero-order chi connectivity index (χ0) is 15.6. The van der Waals surface area contributed by atoms with Crippen LogP contribution in [-0.2, 0) is 6.18 Å². The molecule has 21 heavy (non-hydrogen) atoms. The Balaban J connectivity index is 2.31. The second-order valence-electron chi connectivity index (χ2n) is 4.19. The molecule has 3 nitrogen and oxygen atoms in total. The number of halogens is 4. The fraction of sp³-hybridized carbons (Fsp3) is 0.0714. The molecule has 2 aromatic carbocycles. The number of hydrogen-bond acceptors (Lipinski definition) is 2. The lowest BCUT2D eigenvalue weighted by Gasteiger charge is -2.14. The third-order valence-electron chi connectivity index (χ3n) is 2.66. The van der Waals surface area contributed by atoms with Crippen LogP contribution in [0.4, 0.5) is 18.9 Å². The molecule has 0 aliphatic rings. The number of rotatable bonds is 2. The Morgan fingerprint density at radius 3 is 2.29 bits per heavy atom. The molecule has 0 atom stereocenters. The van der Waals surface area contributed by atoms with Gasteiger partial charge in [0, 0.05) is 10.0 Å². The van der Waals surface area contributed by atoms with Crippen molar-refractivity contribution in [1.82, 2.24) is 0 Å². The van der Waals surface area contributed by atoms with Crippen molar-refractivity contribution in [2.24, 2.45) is 0 Å². The van der Waals surface area contributed by atoms with E-state index in [0.717, 1.165) is 6.07 Å². The largest absolute Gasteiger partial charge is 0.508 e. The summed E-state index contributed by atoms with van der Waals surface area (Å²) in [5.74, 6) is -0.728. The van der Waals surface area contributed by atoms with E-state index in [1.165, 1.54) is 36.4 Å². The standard InChI is InChI=1S/C14H9BrF3NO2/c15-9-3-6-12(11(7-9)14(16,17)18)19-13(21)8-1-4-10(20)5-2-8/h1-7,20H,(H,19,21). The molecule has 0 saturated carbocycles. The highest BCUT2D eigenvalue weighted by Gasteiger charge is 2.34. The zero-order valence-corrected chi connectivity index (χ0v) is 12.0. The van der Waals surface area contributed by atoms with Crippen molar-refractivity contribution in [3.63, 3.8) is 0 Å². The molecule has 1 amide bonds. The van der Waals surface area contributed by atoms with Gasteiger partial charge in [-0.3, -0.25) is 4.79 Å². The normalized spacial score (nSPS) is 11.2. The van der Waals surface area contributed by atoms with E-state index < -0.39 is 17.6 Å². The Bertz CT molecular complexity index is 669. The van der Waals surface area contributed by atoms with E-state index in [-0.39, 0.29) is 21.5 Å². The lowest BCUT2D eigenvalue weighted by atomic mass is 10.1. The van der Waals surface area contributed by atoms with E-state index in [9.17, 15) is 18.0 Å². The average molecular weight is 360 g/mol. The van der Waals surface area contributed by atoms with Crippen LogP contribution in [0.1, 0.15) is 15.9 Å². The number of phenolic OH excluding ortho intramolecular Hbond substituents is 1. The number of carbonyl (C=O) groups is 1. The number of hydrogen-bond donors (Lipinski definition) is 2. The number of amides is 1. The molecule has 0 radical (unpaired) electrons. The summed E-state index contributed by atoms with van der Waals surface area (Å²) in [5.41, 5.74) is -1.13. The van der Waals surface area contributed by atoms with Crippen LogP contribution in [0.2, 0.25) is 0 Å². The molecular weight excluding hydrogens is 351 g/mol. The minimum Gasteiger partial charge on any atom is -0.508 e. The summed E-state index contributed by atoms with van der Waals surface area (Å²) in [7, 11) is 0. The summed E-state index contributed by atoms with van der Waals surface area (Å²) in [6, 6.07) is 8.66. The highest BCUT2D eigenvalue weighted by atomic mass is 79.9. The molecule has 0 saturated heterocycles. The fourth-order valence-electron chi connectivity index (χ4n) is 1.67. The van der Waals surface area contributed by atoms with E-state index >= 15 is 0 Å².